The van der Waals surface area contributed by atoms with Crippen molar-refractivity contribution in [1.82, 2.24) is 4.90 Å². The highest BCUT2D eigenvalue weighted by atomic mass is 16.2. The molecular formula is C7H8N2O2. The van der Waals surface area contributed by atoms with Crippen molar-refractivity contribution in [2.24, 2.45) is 5.73 Å². The first-order valence-electron chi connectivity index (χ1n) is 3.04. The molecule has 0 saturated heterocycles. The van der Waals surface area contributed by atoms with E-state index in [1.165, 1.54) is 13.1 Å². The largest absolute Gasteiger partial charge is 0.394 e. The van der Waals surface area contributed by atoms with Gasteiger partial charge in [-0.2, -0.15) is 0 Å². The first-order valence-corrected chi connectivity index (χ1v) is 3.04. The van der Waals surface area contributed by atoms with Crippen LogP contribution in [-0.2, 0) is 9.59 Å². The number of hydrogen-bond acceptors (Lipinski definition) is 3. The second kappa shape index (κ2) is 2.23. The number of likely N-dealkylation sites (N-methyl/N-ethyl adjacent to an activating group) is 1. The van der Waals surface area contributed by atoms with E-state index in [1.807, 2.05) is 0 Å². The minimum atomic E-state index is -0.454. The Labute approximate surface area is 64.0 Å². The number of nitrogens with zero attached hydrogens (tertiary/aromatic N) is 1. The summed E-state index contributed by atoms with van der Waals surface area (Å²) in [6, 6.07) is 0. The molecule has 0 unspecified atom stereocenters. The molecule has 0 aromatic carbocycles. The van der Waals surface area contributed by atoms with Crippen molar-refractivity contribution in [3.63, 3.8) is 0 Å². The second-order valence-corrected chi connectivity index (χ2v) is 2.20. The standard InChI is InChI=1S/C7H8N2O2/c1-3-4-5(8)7(11)9(2)6(4)10/h3H,1,8H2,2H3. The molecule has 0 aromatic rings. The summed E-state index contributed by atoms with van der Waals surface area (Å²) < 4.78 is 0. The highest BCUT2D eigenvalue weighted by Gasteiger charge is 2.31. The predicted molar refractivity (Wildman–Crippen MR) is 39.2 cm³/mol. The van der Waals surface area contributed by atoms with Crippen LogP contribution in [0.3, 0.4) is 0 Å². The van der Waals surface area contributed by atoms with E-state index in [1.54, 1.807) is 0 Å². The maximum Gasteiger partial charge on any atom is 0.277 e. The van der Waals surface area contributed by atoms with Gasteiger partial charge in [-0.15, -0.1) is 0 Å². The summed E-state index contributed by atoms with van der Waals surface area (Å²) in [5, 5.41) is 0. The van der Waals surface area contributed by atoms with Gasteiger partial charge in [0.05, 0.1) is 5.57 Å². The maximum atomic E-state index is 11.1. The molecule has 2 amide bonds. The van der Waals surface area contributed by atoms with Gasteiger partial charge >= 0.3 is 0 Å². The number of hydrogen-bond donors (Lipinski definition) is 1. The summed E-state index contributed by atoms with van der Waals surface area (Å²) in [7, 11) is 1.38. The Morgan fingerprint density at radius 3 is 2.18 bits per heavy atom. The second-order valence-electron chi connectivity index (χ2n) is 2.20. The molecule has 4 heteroatoms. The molecule has 1 aliphatic heterocycles. The van der Waals surface area contributed by atoms with Gasteiger partial charge in [-0.3, -0.25) is 14.5 Å². The average Bonchev–Trinajstić information content (AvgIpc) is 2.17. The summed E-state index contributed by atoms with van der Waals surface area (Å²) in [4.78, 5) is 23.0. The van der Waals surface area contributed by atoms with E-state index < -0.39 is 5.91 Å². The number of imide groups is 1. The van der Waals surface area contributed by atoms with Crippen molar-refractivity contribution in [2.75, 3.05) is 7.05 Å². The van der Waals surface area contributed by atoms with Crippen LogP contribution in [0, 0.1) is 0 Å². The van der Waals surface area contributed by atoms with Crippen LogP contribution < -0.4 is 5.73 Å². The van der Waals surface area contributed by atoms with Crippen LogP contribution in [0.4, 0.5) is 0 Å². The van der Waals surface area contributed by atoms with Crippen molar-refractivity contribution in [2.45, 2.75) is 0 Å². The first-order chi connectivity index (χ1) is 5.09. The molecule has 11 heavy (non-hydrogen) atoms. The minimum Gasteiger partial charge on any atom is -0.394 e. The topological polar surface area (TPSA) is 63.4 Å². The number of amides is 2. The quantitative estimate of drug-likeness (QED) is 0.509. The minimum absolute atomic E-state index is 0.0208. The van der Waals surface area contributed by atoms with Crippen molar-refractivity contribution in [1.29, 1.82) is 0 Å². The summed E-state index contributed by atoms with van der Waals surface area (Å²) >= 11 is 0. The molecule has 0 aliphatic carbocycles. The van der Waals surface area contributed by atoms with Crippen LogP contribution in [0.15, 0.2) is 23.9 Å². The van der Waals surface area contributed by atoms with Crippen molar-refractivity contribution < 1.29 is 9.59 Å². The van der Waals surface area contributed by atoms with Gasteiger partial charge in [0, 0.05) is 7.05 Å². The number of nitrogens with two attached hydrogens (primary N) is 1. The Balaban J connectivity index is 3.18. The van der Waals surface area contributed by atoms with Crippen LogP contribution in [0.2, 0.25) is 0 Å². The lowest BCUT2D eigenvalue weighted by Gasteiger charge is -2.03. The van der Waals surface area contributed by atoms with Crippen LogP contribution in [0.25, 0.3) is 0 Å². The Hall–Kier alpha value is -1.58. The molecule has 0 atom stereocenters. The van der Waals surface area contributed by atoms with E-state index in [0.717, 1.165) is 4.90 Å². The van der Waals surface area contributed by atoms with Crippen LogP contribution in [0.1, 0.15) is 0 Å². The predicted octanol–water partition coefficient (Wildman–Crippen LogP) is -0.616. The number of carbonyl (C=O) groups is 2. The van der Waals surface area contributed by atoms with E-state index in [2.05, 4.69) is 6.58 Å². The third kappa shape index (κ3) is 0.832. The molecule has 0 fully saturated rings. The van der Waals surface area contributed by atoms with Crippen molar-refractivity contribution in [3.05, 3.63) is 23.9 Å². The van der Waals surface area contributed by atoms with E-state index >= 15 is 0 Å². The van der Waals surface area contributed by atoms with Crippen LogP contribution in [-0.4, -0.2) is 23.8 Å². The molecule has 58 valence electrons. The molecule has 2 N–H and O–H groups in total. The highest BCUT2D eigenvalue weighted by Crippen LogP contribution is 2.15. The first kappa shape index (κ1) is 7.53. The zero-order valence-electron chi connectivity index (χ0n) is 6.13. The molecule has 0 bridgehead atoms. The van der Waals surface area contributed by atoms with Gasteiger partial charge < -0.3 is 5.73 Å². The summed E-state index contributed by atoms with van der Waals surface area (Å²) in [5.74, 6) is -0.840. The van der Waals surface area contributed by atoms with E-state index in [0.29, 0.717) is 0 Å². The summed E-state index contributed by atoms with van der Waals surface area (Å²) in [5.41, 5.74) is 5.48. The lowest BCUT2D eigenvalue weighted by Crippen LogP contribution is -2.28. The molecule has 0 saturated carbocycles. The Morgan fingerprint density at radius 2 is 2.00 bits per heavy atom. The van der Waals surface area contributed by atoms with E-state index in [9.17, 15) is 9.59 Å². The lowest BCUT2D eigenvalue weighted by atomic mass is 10.2. The Kier molecular flexibility index (Phi) is 1.53. The normalized spacial score (nSPS) is 18.1. The van der Waals surface area contributed by atoms with Gasteiger partial charge in [-0.25, -0.2) is 0 Å². The Bertz CT molecular complexity index is 278. The fourth-order valence-corrected chi connectivity index (χ4v) is 0.881. The lowest BCUT2D eigenvalue weighted by molar-refractivity contribution is -0.135. The fourth-order valence-electron chi connectivity index (χ4n) is 0.881. The molecule has 0 radical (unpaired) electrons. The molecular weight excluding hydrogens is 144 g/mol. The van der Waals surface area contributed by atoms with Crippen LogP contribution in [0.5, 0.6) is 0 Å². The monoisotopic (exact) mass is 152 g/mol. The highest BCUT2D eigenvalue weighted by molar-refractivity contribution is 6.19. The van der Waals surface area contributed by atoms with Gasteiger partial charge in [0.2, 0.25) is 0 Å². The third-order valence-electron chi connectivity index (χ3n) is 1.56. The van der Waals surface area contributed by atoms with Gasteiger partial charge in [0.15, 0.2) is 0 Å². The van der Waals surface area contributed by atoms with Crippen molar-refractivity contribution in [3.8, 4) is 0 Å². The maximum absolute atomic E-state index is 11.1. The smallest absolute Gasteiger partial charge is 0.277 e. The number of carbonyl (C=O) groups excluding carboxylic acids is 2. The number of rotatable bonds is 1. The Morgan fingerprint density at radius 1 is 1.45 bits per heavy atom. The fraction of sp³-hybridized carbons (Fsp3) is 0.143. The van der Waals surface area contributed by atoms with Gasteiger partial charge in [-0.05, 0) is 0 Å². The zero-order valence-corrected chi connectivity index (χ0v) is 6.13. The molecule has 0 spiro atoms. The van der Waals surface area contributed by atoms with E-state index in [-0.39, 0.29) is 17.2 Å². The third-order valence-corrected chi connectivity index (χ3v) is 1.56. The SMILES string of the molecule is C=CC1=C(N)C(=O)N(C)C1=O. The van der Waals surface area contributed by atoms with Crippen molar-refractivity contribution >= 4 is 11.8 Å². The summed E-state index contributed by atoms with van der Waals surface area (Å²) in [6.45, 7) is 3.37. The zero-order chi connectivity index (χ0) is 8.59. The average molecular weight is 152 g/mol. The molecule has 4 nitrogen and oxygen atoms in total. The van der Waals surface area contributed by atoms with Crippen LogP contribution >= 0.6 is 0 Å². The van der Waals surface area contributed by atoms with Gasteiger partial charge in [-0.1, -0.05) is 12.7 Å². The van der Waals surface area contributed by atoms with Gasteiger partial charge in [0.1, 0.15) is 5.70 Å². The van der Waals surface area contributed by atoms with Gasteiger partial charge in [0.25, 0.3) is 11.8 Å². The molecule has 1 aliphatic rings. The molecule has 1 rings (SSSR count). The summed E-state index contributed by atoms with van der Waals surface area (Å²) in [6.07, 6.45) is 1.29. The molecule has 1 heterocycles. The van der Waals surface area contributed by atoms with E-state index in [4.69, 9.17) is 5.73 Å². The molecule has 0 aromatic heterocycles.